The van der Waals surface area contributed by atoms with E-state index in [1.807, 2.05) is 27.7 Å². The van der Waals surface area contributed by atoms with E-state index in [0.717, 1.165) is 15.2 Å². The summed E-state index contributed by atoms with van der Waals surface area (Å²) >= 11 is 0. The molecule has 0 aliphatic heterocycles. The van der Waals surface area contributed by atoms with Gasteiger partial charge in [-0.05, 0) is 68.2 Å². The van der Waals surface area contributed by atoms with Gasteiger partial charge in [0.2, 0.25) is 0 Å². The summed E-state index contributed by atoms with van der Waals surface area (Å²) < 4.78 is 39.7. The molecular weight excluding hydrogens is 550 g/mol. The van der Waals surface area contributed by atoms with Crippen molar-refractivity contribution in [3.05, 3.63) is 80.7 Å². The Balaban J connectivity index is 0.000000420. The third-order valence-electron chi connectivity index (χ3n) is 5.99. The zero-order valence-electron chi connectivity index (χ0n) is 25.2. The highest BCUT2D eigenvalue weighted by Crippen LogP contribution is 2.20. The molecule has 0 saturated carbocycles. The molecule has 9 nitrogen and oxygen atoms in total. The van der Waals surface area contributed by atoms with Gasteiger partial charge in [0, 0.05) is 18.8 Å². The van der Waals surface area contributed by atoms with E-state index in [0.29, 0.717) is 36.7 Å². The van der Waals surface area contributed by atoms with Crippen LogP contribution in [0.1, 0.15) is 77.6 Å². The van der Waals surface area contributed by atoms with Crippen molar-refractivity contribution in [3.63, 3.8) is 0 Å². The van der Waals surface area contributed by atoms with E-state index in [9.17, 15) is 32.8 Å². The van der Waals surface area contributed by atoms with Gasteiger partial charge in [0.1, 0.15) is 18.4 Å². The van der Waals surface area contributed by atoms with Crippen LogP contribution < -0.4 is 11.1 Å². The zero-order chi connectivity index (χ0) is 32.0. The Bertz CT molecular complexity index is 1230. The molecule has 0 aliphatic rings. The summed E-state index contributed by atoms with van der Waals surface area (Å²) in [6.07, 6.45) is 6.26. The number of carbonyl (C=O) groups excluding carboxylic acids is 3. The van der Waals surface area contributed by atoms with Gasteiger partial charge in [-0.2, -0.15) is 0 Å². The lowest BCUT2D eigenvalue weighted by atomic mass is 10.0. The summed E-state index contributed by atoms with van der Waals surface area (Å²) in [5, 5.41) is 0. The number of nitrogens with zero attached hydrogens (tertiary/aromatic N) is 2. The second-order valence-corrected chi connectivity index (χ2v) is 10.5. The fourth-order valence-corrected chi connectivity index (χ4v) is 4.21. The summed E-state index contributed by atoms with van der Waals surface area (Å²) in [4.78, 5) is 58.6. The molecular formula is C31H42F2N2O7. The molecule has 0 radical (unpaired) electrons. The number of allylic oxidation sites excluding steroid dienone is 1. The van der Waals surface area contributed by atoms with Gasteiger partial charge in [0.15, 0.2) is 11.6 Å². The standard InChI is InChI=1S/C16H22FNO3.C15H20FNO4/c1-5-7-12-9-13(17)15(19)18(10-12)14(8-11(3)4)16(20)21-6-2;1-4-21-15(20)13(7-10(2)3)17-9-11(5-6-18)8-12(16)14(17)19/h5,9-11,14H,1,6-8H2,2-4H3;6,8-10,13H,4-5,7H2,1-3H3. The molecule has 11 heteroatoms. The van der Waals surface area contributed by atoms with Crippen molar-refractivity contribution in [1.82, 2.24) is 9.13 Å². The summed E-state index contributed by atoms with van der Waals surface area (Å²) in [6.45, 7) is 15.0. The summed E-state index contributed by atoms with van der Waals surface area (Å²) in [7, 11) is 0. The monoisotopic (exact) mass is 592 g/mol. The molecule has 2 aromatic rings. The Labute approximate surface area is 245 Å². The summed E-state index contributed by atoms with van der Waals surface area (Å²) in [5.74, 6) is -2.65. The number of ether oxygens (including phenoxy) is 2. The molecule has 2 atom stereocenters. The minimum atomic E-state index is -0.979. The largest absolute Gasteiger partial charge is 0.464 e. The summed E-state index contributed by atoms with van der Waals surface area (Å²) in [5.41, 5.74) is -0.745. The predicted molar refractivity (Wildman–Crippen MR) is 155 cm³/mol. The van der Waals surface area contributed by atoms with E-state index >= 15 is 0 Å². The number of rotatable bonds is 14. The fraction of sp³-hybridized carbons (Fsp3) is 0.516. The van der Waals surface area contributed by atoms with Crippen molar-refractivity contribution < 1.29 is 32.6 Å². The van der Waals surface area contributed by atoms with Crippen LogP contribution in [-0.4, -0.2) is 40.6 Å². The highest BCUT2D eigenvalue weighted by molar-refractivity contribution is 5.74. The van der Waals surface area contributed by atoms with E-state index in [1.54, 1.807) is 19.9 Å². The van der Waals surface area contributed by atoms with Crippen LogP contribution in [0.15, 0.2) is 46.8 Å². The average Bonchev–Trinajstić information content (AvgIpc) is 2.91. The Morgan fingerprint density at radius 3 is 1.50 bits per heavy atom. The van der Waals surface area contributed by atoms with Gasteiger partial charge in [-0.25, -0.2) is 18.4 Å². The number of pyridine rings is 2. The van der Waals surface area contributed by atoms with Gasteiger partial charge in [0.25, 0.3) is 11.1 Å². The molecule has 2 heterocycles. The normalized spacial score (nSPS) is 12.2. The lowest BCUT2D eigenvalue weighted by molar-refractivity contribution is -0.148. The molecule has 0 N–H and O–H groups in total. The zero-order valence-corrected chi connectivity index (χ0v) is 25.2. The van der Waals surface area contributed by atoms with Crippen LogP contribution in [0, 0.1) is 23.5 Å². The second-order valence-electron chi connectivity index (χ2n) is 10.5. The van der Waals surface area contributed by atoms with Crippen molar-refractivity contribution in [1.29, 1.82) is 0 Å². The first-order chi connectivity index (χ1) is 19.8. The molecule has 0 bridgehead atoms. The van der Waals surface area contributed by atoms with E-state index in [-0.39, 0.29) is 31.5 Å². The van der Waals surface area contributed by atoms with Crippen LogP contribution in [-0.2, 0) is 36.7 Å². The fourth-order valence-electron chi connectivity index (χ4n) is 4.21. The predicted octanol–water partition coefficient (Wildman–Crippen LogP) is 4.75. The molecule has 232 valence electrons. The summed E-state index contributed by atoms with van der Waals surface area (Å²) in [6, 6.07) is 0.499. The van der Waals surface area contributed by atoms with E-state index in [1.165, 1.54) is 18.5 Å². The van der Waals surface area contributed by atoms with E-state index < -0.39 is 46.8 Å². The molecule has 0 amide bonds. The highest BCUT2D eigenvalue weighted by Gasteiger charge is 2.26. The first-order valence-electron chi connectivity index (χ1n) is 14.0. The highest BCUT2D eigenvalue weighted by atomic mass is 19.1. The first-order valence-corrected chi connectivity index (χ1v) is 14.0. The Kier molecular flexibility index (Phi) is 15.3. The number of aromatic nitrogens is 2. The Morgan fingerprint density at radius 1 is 0.810 bits per heavy atom. The molecule has 0 aliphatic carbocycles. The van der Waals surface area contributed by atoms with Crippen LogP contribution in [0.25, 0.3) is 0 Å². The van der Waals surface area contributed by atoms with Gasteiger partial charge in [0.05, 0.1) is 13.2 Å². The molecule has 2 aromatic heterocycles. The van der Waals surface area contributed by atoms with Crippen molar-refractivity contribution >= 4 is 18.2 Å². The Morgan fingerprint density at radius 2 is 1.19 bits per heavy atom. The number of hydrogen-bond donors (Lipinski definition) is 0. The van der Waals surface area contributed by atoms with Gasteiger partial charge in [-0.1, -0.05) is 33.8 Å². The number of aldehydes is 1. The Hall–Kier alpha value is -3.89. The van der Waals surface area contributed by atoms with Gasteiger partial charge in [-0.15, -0.1) is 6.58 Å². The lowest BCUT2D eigenvalue weighted by Crippen LogP contribution is -2.33. The number of hydrogen-bond acceptors (Lipinski definition) is 7. The molecule has 42 heavy (non-hydrogen) atoms. The smallest absolute Gasteiger partial charge is 0.329 e. The molecule has 0 aromatic carbocycles. The van der Waals surface area contributed by atoms with Crippen molar-refractivity contribution in [2.45, 2.75) is 79.3 Å². The number of halogens is 2. The third-order valence-corrected chi connectivity index (χ3v) is 5.99. The molecule has 0 spiro atoms. The SMILES string of the molecule is C=CCc1cc(F)c(=O)n(C(CC(C)C)C(=O)OCC)c1.CCOC(=O)C(CC(C)C)n1cc(CC=O)cc(F)c1=O. The van der Waals surface area contributed by atoms with Gasteiger partial charge >= 0.3 is 11.9 Å². The van der Waals surface area contributed by atoms with Gasteiger partial charge < -0.3 is 14.3 Å². The maximum absolute atomic E-state index is 13.8. The minimum Gasteiger partial charge on any atom is -0.464 e. The molecule has 2 rings (SSSR count). The van der Waals surface area contributed by atoms with Crippen molar-refractivity contribution in [2.24, 2.45) is 11.8 Å². The quantitative estimate of drug-likeness (QED) is 0.177. The van der Waals surface area contributed by atoms with Crippen LogP contribution in [0.3, 0.4) is 0 Å². The van der Waals surface area contributed by atoms with Crippen LogP contribution in [0.4, 0.5) is 8.78 Å². The van der Waals surface area contributed by atoms with Crippen molar-refractivity contribution in [3.8, 4) is 0 Å². The van der Waals surface area contributed by atoms with Crippen molar-refractivity contribution in [2.75, 3.05) is 13.2 Å². The van der Waals surface area contributed by atoms with Gasteiger partial charge in [-0.3, -0.25) is 18.7 Å². The number of carbonyl (C=O) groups is 3. The van der Waals surface area contributed by atoms with E-state index in [2.05, 4.69) is 6.58 Å². The van der Waals surface area contributed by atoms with Crippen LogP contribution >= 0.6 is 0 Å². The maximum atomic E-state index is 13.8. The average molecular weight is 593 g/mol. The van der Waals surface area contributed by atoms with E-state index in [4.69, 9.17) is 9.47 Å². The third kappa shape index (κ3) is 10.8. The minimum absolute atomic E-state index is 0.0194. The van der Waals surface area contributed by atoms with Crippen LogP contribution in [0.2, 0.25) is 0 Å². The molecule has 0 fully saturated rings. The van der Waals surface area contributed by atoms with Crippen LogP contribution in [0.5, 0.6) is 0 Å². The number of esters is 2. The second kappa shape index (κ2) is 17.8. The topological polar surface area (TPSA) is 114 Å². The maximum Gasteiger partial charge on any atom is 0.329 e. The molecule has 2 unspecified atom stereocenters. The molecule has 0 saturated heterocycles. The first kappa shape index (κ1) is 36.1. The lowest BCUT2D eigenvalue weighted by Gasteiger charge is -2.20.